The molecule has 0 aliphatic carbocycles. The van der Waals surface area contributed by atoms with Gasteiger partial charge in [0, 0.05) is 5.54 Å². The molecule has 4 N–H and O–H groups in total. The number of carbonyl (C=O) groups excluding carboxylic acids is 2. The molecule has 17 heavy (non-hydrogen) atoms. The number of esters is 1. The Hall–Kier alpha value is -1.10. The van der Waals surface area contributed by atoms with E-state index in [4.69, 9.17) is 16.2 Å². The second-order valence-electron chi connectivity index (χ2n) is 5.60. The lowest BCUT2D eigenvalue weighted by atomic mass is 9.81. The molecule has 100 valence electrons. The van der Waals surface area contributed by atoms with Crippen molar-refractivity contribution >= 4 is 11.9 Å². The Bertz CT molecular complexity index is 293. The Morgan fingerprint density at radius 2 is 1.71 bits per heavy atom. The van der Waals surface area contributed by atoms with Crippen molar-refractivity contribution in [3.05, 3.63) is 0 Å². The number of primary amides is 1. The number of nitrogens with two attached hydrogens (primary N) is 2. The molecule has 0 aromatic carbocycles. The molecule has 0 aliphatic heterocycles. The SMILES string of the molecule is CCC(C)(N)[C@@H](CC(=O)OC(C)(C)C)C(N)=O. The molecule has 0 aliphatic rings. The first-order chi connectivity index (χ1) is 7.49. The van der Waals surface area contributed by atoms with Gasteiger partial charge in [-0.15, -0.1) is 0 Å². The number of hydrogen-bond donors (Lipinski definition) is 2. The van der Waals surface area contributed by atoms with E-state index in [2.05, 4.69) is 0 Å². The predicted octanol–water partition coefficient (Wildman–Crippen LogP) is 0.947. The van der Waals surface area contributed by atoms with Crippen molar-refractivity contribution in [2.45, 2.75) is 58.6 Å². The normalized spacial score (nSPS) is 17.1. The molecule has 2 atom stereocenters. The van der Waals surface area contributed by atoms with Crippen LogP contribution >= 0.6 is 0 Å². The standard InChI is InChI=1S/C12H24N2O3/c1-6-12(5,14)8(10(13)16)7-9(15)17-11(2,3)4/h8H,6-7,14H2,1-5H3,(H2,13,16)/t8-,12?/m0/s1. The van der Waals surface area contributed by atoms with Crippen molar-refractivity contribution in [3.8, 4) is 0 Å². The van der Waals surface area contributed by atoms with E-state index in [0.29, 0.717) is 6.42 Å². The Kier molecular flexibility index (Phi) is 5.13. The summed E-state index contributed by atoms with van der Waals surface area (Å²) >= 11 is 0. The van der Waals surface area contributed by atoms with Crippen molar-refractivity contribution in [2.75, 3.05) is 0 Å². The lowest BCUT2D eigenvalue weighted by Crippen LogP contribution is -2.50. The van der Waals surface area contributed by atoms with Crippen LogP contribution in [0.2, 0.25) is 0 Å². The predicted molar refractivity (Wildman–Crippen MR) is 66.0 cm³/mol. The number of carbonyl (C=O) groups is 2. The third-order valence-electron chi connectivity index (χ3n) is 2.69. The maximum absolute atomic E-state index is 11.7. The average molecular weight is 244 g/mol. The molecule has 0 rings (SSSR count). The van der Waals surface area contributed by atoms with E-state index in [1.165, 1.54) is 0 Å². The Balaban J connectivity index is 4.69. The van der Waals surface area contributed by atoms with Gasteiger partial charge >= 0.3 is 5.97 Å². The van der Waals surface area contributed by atoms with E-state index in [0.717, 1.165) is 0 Å². The van der Waals surface area contributed by atoms with Crippen molar-refractivity contribution in [2.24, 2.45) is 17.4 Å². The van der Waals surface area contributed by atoms with Crippen LogP contribution in [0.3, 0.4) is 0 Å². The molecule has 0 spiro atoms. The lowest BCUT2D eigenvalue weighted by molar-refractivity contribution is -0.158. The molecule has 0 bridgehead atoms. The molecule has 0 saturated carbocycles. The molecule has 0 radical (unpaired) electrons. The summed E-state index contributed by atoms with van der Waals surface area (Å²) in [4.78, 5) is 23.0. The van der Waals surface area contributed by atoms with E-state index < -0.39 is 28.9 Å². The minimum absolute atomic E-state index is 0.0759. The van der Waals surface area contributed by atoms with Gasteiger partial charge in [0.15, 0.2) is 0 Å². The van der Waals surface area contributed by atoms with E-state index in [1.807, 2.05) is 6.92 Å². The van der Waals surface area contributed by atoms with Gasteiger partial charge in [-0.2, -0.15) is 0 Å². The van der Waals surface area contributed by atoms with Gasteiger partial charge in [0.1, 0.15) is 5.60 Å². The Labute approximate surface area is 103 Å². The summed E-state index contributed by atoms with van der Waals surface area (Å²) in [5.74, 6) is -1.73. The zero-order valence-electron chi connectivity index (χ0n) is 11.4. The number of hydrogen-bond acceptors (Lipinski definition) is 4. The fourth-order valence-electron chi connectivity index (χ4n) is 1.45. The molecule has 0 saturated heterocycles. The highest BCUT2D eigenvalue weighted by Gasteiger charge is 2.35. The molecule has 0 aromatic rings. The number of rotatable bonds is 5. The van der Waals surface area contributed by atoms with Gasteiger partial charge < -0.3 is 16.2 Å². The van der Waals surface area contributed by atoms with E-state index in [1.54, 1.807) is 27.7 Å². The Morgan fingerprint density at radius 1 is 1.24 bits per heavy atom. The first-order valence-electron chi connectivity index (χ1n) is 5.79. The fraction of sp³-hybridized carbons (Fsp3) is 0.833. The molecule has 1 amide bonds. The fourth-order valence-corrected chi connectivity index (χ4v) is 1.45. The van der Waals surface area contributed by atoms with Crippen molar-refractivity contribution in [3.63, 3.8) is 0 Å². The van der Waals surface area contributed by atoms with Crippen molar-refractivity contribution in [1.29, 1.82) is 0 Å². The van der Waals surface area contributed by atoms with Gasteiger partial charge in [0.2, 0.25) is 5.91 Å². The maximum atomic E-state index is 11.7. The van der Waals surface area contributed by atoms with Gasteiger partial charge in [-0.1, -0.05) is 6.92 Å². The van der Waals surface area contributed by atoms with E-state index >= 15 is 0 Å². The van der Waals surface area contributed by atoms with Gasteiger partial charge in [-0.25, -0.2) is 0 Å². The lowest BCUT2D eigenvalue weighted by Gasteiger charge is -2.31. The minimum atomic E-state index is -0.789. The third-order valence-corrected chi connectivity index (χ3v) is 2.69. The topological polar surface area (TPSA) is 95.4 Å². The van der Waals surface area contributed by atoms with Gasteiger partial charge in [0.05, 0.1) is 12.3 Å². The summed E-state index contributed by atoms with van der Waals surface area (Å²) in [6, 6.07) is 0. The average Bonchev–Trinajstić information content (AvgIpc) is 2.10. The monoisotopic (exact) mass is 244 g/mol. The van der Waals surface area contributed by atoms with Crippen molar-refractivity contribution < 1.29 is 14.3 Å². The smallest absolute Gasteiger partial charge is 0.307 e. The van der Waals surface area contributed by atoms with Crippen LogP contribution in [0.5, 0.6) is 0 Å². The second-order valence-corrected chi connectivity index (χ2v) is 5.60. The Morgan fingerprint density at radius 3 is 2.00 bits per heavy atom. The first kappa shape index (κ1) is 15.9. The van der Waals surface area contributed by atoms with Gasteiger partial charge in [-0.05, 0) is 34.1 Å². The van der Waals surface area contributed by atoms with Crippen LogP contribution in [0.1, 0.15) is 47.5 Å². The minimum Gasteiger partial charge on any atom is -0.460 e. The molecule has 0 aromatic heterocycles. The molecule has 5 nitrogen and oxygen atoms in total. The zero-order valence-corrected chi connectivity index (χ0v) is 11.4. The number of ether oxygens (including phenoxy) is 1. The first-order valence-corrected chi connectivity index (χ1v) is 5.79. The molecule has 1 unspecified atom stereocenters. The summed E-state index contributed by atoms with van der Waals surface area (Å²) in [5.41, 5.74) is 9.89. The highest BCUT2D eigenvalue weighted by molar-refractivity contribution is 5.83. The van der Waals surface area contributed by atoms with E-state index in [9.17, 15) is 9.59 Å². The van der Waals surface area contributed by atoms with Crippen LogP contribution in [0.25, 0.3) is 0 Å². The molecule has 0 heterocycles. The molecule has 5 heteroatoms. The van der Waals surface area contributed by atoms with Gasteiger partial charge in [0.25, 0.3) is 0 Å². The van der Waals surface area contributed by atoms with Crippen LogP contribution in [-0.4, -0.2) is 23.0 Å². The molecular weight excluding hydrogens is 220 g/mol. The van der Waals surface area contributed by atoms with Crippen molar-refractivity contribution in [1.82, 2.24) is 0 Å². The highest BCUT2D eigenvalue weighted by atomic mass is 16.6. The summed E-state index contributed by atoms with van der Waals surface area (Å²) < 4.78 is 5.16. The summed E-state index contributed by atoms with van der Waals surface area (Å²) in [6.07, 6.45) is 0.483. The quantitative estimate of drug-likeness (QED) is 0.704. The van der Waals surface area contributed by atoms with Crippen LogP contribution in [0, 0.1) is 5.92 Å². The van der Waals surface area contributed by atoms with Crippen LogP contribution < -0.4 is 11.5 Å². The molecule has 0 fully saturated rings. The van der Waals surface area contributed by atoms with Crippen LogP contribution in [-0.2, 0) is 14.3 Å². The largest absolute Gasteiger partial charge is 0.460 e. The number of amides is 1. The summed E-state index contributed by atoms with van der Waals surface area (Å²) in [5, 5.41) is 0. The molecular formula is C12H24N2O3. The van der Waals surface area contributed by atoms with E-state index in [-0.39, 0.29) is 6.42 Å². The highest BCUT2D eigenvalue weighted by Crippen LogP contribution is 2.23. The van der Waals surface area contributed by atoms with Gasteiger partial charge in [-0.3, -0.25) is 9.59 Å². The van der Waals surface area contributed by atoms with Crippen LogP contribution in [0.15, 0.2) is 0 Å². The summed E-state index contributed by atoms with van der Waals surface area (Å²) in [6.45, 7) is 8.88. The van der Waals surface area contributed by atoms with Crippen LogP contribution in [0.4, 0.5) is 0 Å². The second kappa shape index (κ2) is 5.49. The third kappa shape index (κ3) is 5.68. The maximum Gasteiger partial charge on any atom is 0.307 e. The zero-order chi connectivity index (χ0) is 13.9. The summed E-state index contributed by atoms with van der Waals surface area (Å²) in [7, 11) is 0.